The van der Waals surface area contributed by atoms with Gasteiger partial charge in [0.1, 0.15) is 13.2 Å². The molecule has 0 rings (SSSR count). The summed E-state index contributed by atoms with van der Waals surface area (Å²) < 4.78 is 17.0. The van der Waals surface area contributed by atoms with Gasteiger partial charge >= 0.3 is 17.9 Å². The Labute approximate surface area is 489 Å². The molecular weight excluding hydrogens is 973 g/mol. The largest absolute Gasteiger partial charge is 0.462 e. The molecule has 0 fully saturated rings. The average Bonchev–Trinajstić information content (AvgIpc) is 3.45. The first-order valence-corrected chi connectivity index (χ1v) is 33.7. The maximum Gasteiger partial charge on any atom is 0.306 e. The number of esters is 3. The van der Waals surface area contributed by atoms with Crippen molar-refractivity contribution in [3.63, 3.8) is 0 Å². The van der Waals surface area contributed by atoms with Crippen LogP contribution in [0.2, 0.25) is 0 Å². The molecule has 0 aliphatic carbocycles. The summed E-state index contributed by atoms with van der Waals surface area (Å²) >= 11 is 0. The Bertz CT molecular complexity index is 1540. The lowest BCUT2D eigenvalue weighted by Gasteiger charge is -2.18. The van der Waals surface area contributed by atoms with E-state index in [2.05, 4.69) is 118 Å². The van der Waals surface area contributed by atoms with Crippen molar-refractivity contribution in [3.05, 3.63) is 97.2 Å². The molecule has 79 heavy (non-hydrogen) atoms. The normalized spacial score (nSPS) is 12.7. The van der Waals surface area contributed by atoms with E-state index in [1.807, 2.05) is 0 Å². The minimum atomic E-state index is -0.789. The summed E-state index contributed by atoms with van der Waals surface area (Å²) in [6.45, 7) is 6.44. The monoisotopic (exact) mass is 1100 g/mol. The van der Waals surface area contributed by atoms with Gasteiger partial charge in [-0.2, -0.15) is 0 Å². The van der Waals surface area contributed by atoms with Crippen LogP contribution in [0.1, 0.15) is 329 Å². The van der Waals surface area contributed by atoms with Crippen LogP contribution in [0.5, 0.6) is 0 Å². The number of carbonyl (C=O) groups is 3. The highest BCUT2D eigenvalue weighted by molar-refractivity contribution is 5.71. The predicted molar refractivity (Wildman–Crippen MR) is 344 cm³/mol. The molecule has 0 N–H and O–H groups in total. The molecule has 0 aromatic heterocycles. The van der Waals surface area contributed by atoms with Gasteiger partial charge in [0.15, 0.2) is 6.10 Å². The molecule has 0 saturated carbocycles. The molecule has 0 amide bonds. The van der Waals surface area contributed by atoms with Crippen molar-refractivity contribution in [3.8, 4) is 0 Å². The highest BCUT2D eigenvalue weighted by Crippen LogP contribution is 2.17. The molecule has 0 spiro atoms. The lowest BCUT2D eigenvalue weighted by molar-refractivity contribution is -0.167. The van der Waals surface area contributed by atoms with Crippen LogP contribution in [0.25, 0.3) is 0 Å². The van der Waals surface area contributed by atoms with Crippen LogP contribution in [0.3, 0.4) is 0 Å². The molecule has 6 nitrogen and oxygen atoms in total. The maximum absolute atomic E-state index is 13.0. The van der Waals surface area contributed by atoms with Crippen molar-refractivity contribution in [2.75, 3.05) is 13.2 Å². The Morgan fingerprint density at radius 1 is 0.266 bits per heavy atom. The van der Waals surface area contributed by atoms with Gasteiger partial charge in [0.2, 0.25) is 0 Å². The molecular formula is C73H126O6. The van der Waals surface area contributed by atoms with E-state index >= 15 is 0 Å². The summed E-state index contributed by atoms with van der Waals surface area (Å²) in [6.07, 6.45) is 89.9. The van der Waals surface area contributed by atoms with Gasteiger partial charge in [-0.05, 0) is 96.3 Å². The second kappa shape index (κ2) is 66.8. The Morgan fingerprint density at radius 3 is 0.772 bits per heavy atom. The number of hydrogen-bond donors (Lipinski definition) is 0. The van der Waals surface area contributed by atoms with Gasteiger partial charge < -0.3 is 14.2 Å². The highest BCUT2D eigenvalue weighted by Gasteiger charge is 2.19. The number of hydrogen-bond acceptors (Lipinski definition) is 6. The molecule has 1 unspecified atom stereocenters. The lowest BCUT2D eigenvalue weighted by Crippen LogP contribution is -2.30. The van der Waals surface area contributed by atoms with E-state index in [1.54, 1.807) is 0 Å². The highest BCUT2D eigenvalue weighted by atomic mass is 16.6. The second-order valence-electron chi connectivity index (χ2n) is 22.3. The number of ether oxygens (including phenoxy) is 3. The van der Waals surface area contributed by atoms with Gasteiger partial charge in [-0.15, -0.1) is 0 Å². The van der Waals surface area contributed by atoms with Crippen molar-refractivity contribution in [1.82, 2.24) is 0 Å². The molecule has 6 heteroatoms. The van der Waals surface area contributed by atoms with Crippen LogP contribution >= 0.6 is 0 Å². The van der Waals surface area contributed by atoms with Crippen LogP contribution in [0.4, 0.5) is 0 Å². The third-order valence-corrected chi connectivity index (χ3v) is 14.6. The van der Waals surface area contributed by atoms with Gasteiger partial charge in [-0.1, -0.05) is 311 Å². The summed E-state index contributed by atoms with van der Waals surface area (Å²) in [5.74, 6) is -0.889. The topological polar surface area (TPSA) is 78.9 Å². The van der Waals surface area contributed by atoms with Crippen LogP contribution < -0.4 is 0 Å². The molecule has 0 aromatic carbocycles. The minimum Gasteiger partial charge on any atom is -0.462 e. The van der Waals surface area contributed by atoms with Crippen LogP contribution in [-0.4, -0.2) is 37.2 Å². The number of rotatable bonds is 61. The van der Waals surface area contributed by atoms with Gasteiger partial charge in [0, 0.05) is 19.3 Å². The fourth-order valence-electron chi connectivity index (χ4n) is 9.60. The molecule has 0 aliphatic heterocycles. The predicted octanol–water partition coefficient (Wildman–Crippen LogP) is 23.2. The summed E-state index contributed by atoms with van der Waals surface area (Å²) in [5.41, 5.74) is 0. The van der Waals surface area contributed by atoms with E-state index in [-0.39, 0.29) is 31.1 Å². The van der Waals surface area contributed by atoms with Gasteiger partial charge in [0.25, 0.3) is 0 Å². The number of carbonyl (C=O) groups excluding carboxylic acids is 3. The van der Waals surface area contributed by atoms with Crippen molar-refractivity contribution < 1.29 is 28.6 Å². The Morgan fingerprint density at radius 2 is 0.494 bits per heavy atom. The summed E-state index contributed by atoms with van der Waals surface area (Å²) in [7, 11) is 0. The van der Waals surface area contributed by atoms with Crippen LogP contribution in [0, 0.1) is 0 Å². The molecule has 0 aliphatic rings. The number of allylic oxidation sites excluding steroid dienone is 16. The fourth-order valence-corrected chi connectivity index (χ4v) is 9.60. The van der Waals surface area contributed by atoms with E-state index in [0.717, 1.165) is 122 Å². The summed E-state index contributed by atoms with van der Waals surface area (Å²) in [4.78, 5) is 38.4. The molecule has 0 aromatic rings. The molecule has 0 radical (unpaired) electrons. The van der Waals surface area contributed by atoms with E-state index in [0.29, 0.717) is 19.3 Å². The van der Waals surface area contributed by atoms with Crippen molar-refractivity contribution in [2.24, 2.45) is 0 Å². The Hall–Kier alpha value is -3.67. The molecule has 1 atom stereocenters. The van der Waals surface area contributed by atoms with Gasteiger partial charge in [0.05, 0.1) is 0 Å². The van der Waals surface area contributed by atoms with Crippen molar-refractivity contribution in [2.45, 2.75) is 335 Å². The maximum atomic E-state index is 13.0. The van der Waals surface area contributed by atoms with E-state index < -0.39 is 6.10 Å². The Balaban J connectivity index is 4.40. The SMILES string of the molecule is CC/C=C\C/C=C\C/C=C\C/C=C\CCCCCCCCCCC(=O)OCC(COC(=O)CCCCCCCC/C=C\C/C=C\C/C=C\C/C=C\CC)OC(=O)CCCCCCCCCCCCCCCCCCCCCCC. The summed E-state index contributed by atoms with van der Waals surface area (Å²) in [5, 5.41) is 0. The van der Waals surface area contributed by atoms with E-state index in [1.165, 1.54) is 167 Å². The van der Waals surface area contributed by atoms with Crippen LogP contribution in [0.15, 0.2) is 97.2 Å². The fraction of sp³-hybridized carbons (Fsp3) is 0.740. The minimum absolute atomic E-state index is 0.0843. The third-order valence-electron chi connectivity index (χ3n) is 14.6. The molecule has 0 saturated heterocycles. The average molecular weight is 1100 g/mol. The lowest BCUT2D eigenvalue weighted by atomic mass is 10.0. The van der Waals surface area contributed by atoms with Gasteiger partial charge in [-0.25, -0.2) is 0 Å². The summed E-state index contributed by atoms with van der Waals surface area (Å²) in [6, 6.07) is 0. The first-order chi connectivity index (χ1) is 39.0. The van der Waals surface area contributed by atoms with E-state index in [9.17, 15) is 14.4 Å². The standard InChI is InChI=1S/C73H126O6/c1-4-7-10-13-16-19-22-25-28-31-34-36-39-42-45-48-51-54-57-60-63-66-72(75)78-69-70(68-77-71(74)65-62-59-56-53-50-47-44-41-38-33-30-27-24-21-18-15-12-9-6-3)79-73(76)67-64-61-58-55-52-49-46-43-40-37-35-32-29-26-23-20-17-14-11-8-5-2/h7,9-10,12,16,18-19,21,25,27-28,30,34,36,38,41,70H,4-6,8,11,13-15,17,20,22-24,26,29,31-33,35,37,39-40,42-69H2,1-3H3/b10-7-,12-9-,19-16-,21-18-,28-25-,30-27-,36-34-,41-38-. The van der Waals surface area contributed by atoms with Crippen LogP contribution in [-0.2, 0) is 28.6 Å². The number of unbranched alkanes of at least 4 members (excludes halogenated alkanes) is 34. The zero-order valence-corrected chi connectivity index (χ0v) is 52.1. The Kier molecular flexibility index (Phi) is 63.7. The molecule has 0 bridgehead atoms. The van der Waals surface area contributed by atoms with Crippen molar-refractivity contribution in [1.29, 1.82) is 0 Å². The quantitative estimate of drug-likeness (QED) is 0.0261. The zero-order valence-electron chi connectivity index (χ0n) is 52.1. The van der Waals surface area contributed by atoms with E-state index in [4.69, 9.17) is 14.2 Å². The van der Waals surface area contributed by atoms with Crippen molar-refractivity contribution >= 4 is 17.9 Å². The first kappa shape index (κ1) is 75.3. The second-order valence-corrected chi connectivity index (χ2v) is 22.3. The zero-order chi connectivity index (χ0) is 57.1. The molecule has 0 heterocycles. The smallest absolute Gasteiger partial charge is 0.306 e. The van der Waals surface area contributed by atoms with Gasteiger partial charge in [-0.3, -0.25) is 14.4 Å². The molecule has 454 valence electrons. The third kappa shape index (κ3) is 65.0. The first-order valence-electron chi connectivity index (χ1n) is 33.7.